The Morgan fingerprint density at radius 1 is 1.25 bits per heavy atom. The van der Waals surface area contributed by atoms with Gasteiger partial charge in [-0.1, -0.05) is 26.7 Å². The Morgan fingerprint density at radius 2 is 1.83 bits per heavy atom. The Hall–Kier alpha value is -0.0800. The zero-order chi connectivity index (χ0) is 9.40. The van der Waals surface area contributed by atoms with Crippen LogP contribution in [0.2, 0.25) is 0 Å². The molecular weight excluding hydrogens is 148 g/mol. The minimum atomic E-state index is 0.750. The molecule has 1 aliphatic rings. The summed E-state index contributed by atoms with van der Waals surface area (Å²) < 4.78 is 0. The smallest absolute Gasteiger partial charge is 0.00488 e. The molecule has 0 amide bonds. The summed E-state index contributed by atoms with van der Waals surface area (Å²) in [6.45, 7) is 5.90. The predicted molar refractivity (Wildman–Crippen MR) is 54.9 cm³/mol. The third-order valence-electron chi connectivity index (χ3n) is 2.38. The van der Waals surface area contributed by atoms with E-state index < -0.39 is 0 Å². The van der Waals surface area contributed by atoms with Gasteiger partial charge in [0.25, 0.3) is 0 Å². The SMILES string of the molecule is CC1CCCC(CN)C1.CCN. The number of nitrogens with two attached hydrogens (primary N) is 2. The summed E-state index contributed by atoms with van der Waals surface area (Å²) in [7, 11) is 0. The maximum Gasteiger partial charge on any atom is -0.00488 e. The quantitative estimate of drug-likeness (QED) is 0.633. The summed E-state index contributed by atoms with van der Waals surface area (Å²) in [4.78, 5) is 0. The van der Waals surface area contributed by atoms with E-state index in [9.17, 15) is 0 Å². The van der Waals surface area contributed by atoms with Crippen LogP contribution in [0.25, 0.3) is 0 Å². The molecule has 0 aromatic heterocycles. The first-order chi connectivity index (χ1) is 5.74. The molecule has 12 heavy (non-hydrogen) atoms. The van der Waals surface area contributed by atoms with Gasteiger partial charge in [0, 0.05) is 0 Å². The molecule has 2 heteroatoms. The first-order valence-electron chi connectivity index (χ1n) is 5.14. The molecule has 1 fully saturated rings. The summed E-state index contributed by atoms with van der Waals surface area (Å²) in [6.07, 6.45) is 5.58. The van der Waals surface area contributed by atoms with E-state index in [-0.39, 0.29) is 0 Å². The summed E-state index contributed by atoms with van der Waals surface area (Å²) in [5, 5.41) is 0. The number of rotatable bonds is 1. The molecule has 0 bridgehead atoms. The van der Waals surface area contributed by atoms with Crippen LogP contribution in [0.3, 0.4) is 0 Å². The summed E-state index contributed by atoms with van der Waals surface area (Å²) in [6, 6.07) is 0. The van der Waals surface area contributed by atoms with E-state index in [4.69, 9.17) is 11.5 Å². The lowest BCUT2D eigenvalue weighted by Crippen LogP contribution is -2.20. The van der Waals surface area contributed by atoms with Crippen molar-refractivity contribution in [3.05, 3.63) is 0 Å². The molecule has 0 aromatic carbocycles. The van der Waals surface area contributed by atoms with Crippen molar-refractivity contribution >= 4 is 0 Å². The van der Waals surface area contributed by atoms with Crippen LogP contribution in [0.1, 0.15) is 39.5 Å². The van der Waals surface area contributed by atoms with Crippen molar-refractivity contribution in [2.75, 3.05) is 13.1 Å². The lowest BCUT2D eigenvalue weighted by atomic mass is 9.83. The Morgan fingerprint density at radius 3 is 2.17 bits per heavy atom. The van der Waals surface area contributed by atoms with Gasteiger partial charge in [-0.05, 0) is 37.8 Å². The molecule has 0 heterocycles. The molecular formula is C10H24N2. The van der Waals surface area contributed by atoms with Crippen molar-refractivity contribution in [3.63, 3.8) is 0 Å². The Balaban J connectivity index is 0.000000354. The van der Waals surface area contributed by atoms with E-state index in [1.165, 1.54) is 25.7 Å². The average Bonchev–Trinajstić information content (AvgIpc) is 2.06. The fourth-order valence-corrected chi connectivity index (χ4v) is 1.77. The Bertz CT molecular complexity index is 93.8. The molecule has 4 N–H and O–H groups in total. The second-order valence-electron chi connectivity index (χ2n) is 3.78. The molecule has 1 saturated carbocycles. The van der Waals surface area contributed by atoms with Gasteiger partial charge >= 0.3 is 0 Å². The molecule has 0 aliphatic heterocycles. The first-order valence-corrected chi connectivity index (χ1v) is 5.14. The highest BCUT2D eigenvalue weighted by Gasteiger charge is 2.16. The van der Waals surface area contributed by atoms with Crippen molar-refractivity contribution in [2.24, 2.45) is 23.3 Å². The normalized spacial score (nSPS) is 29.0. The summed E-state index contributed by atoms with van der Waals surface area (Å²) >= 11 is 0. The van der Waals surface area contributed by atoms with Gasteiger partial charge in [0.15, 0.2) is 0 Å². The molecule has 2 nitrogen and oxygen atoms in total. The molecule has 0 saturated heterocycles. The molecule has 0 radical (unpaired) electrons. The fraction of sp³-hybridized carbons (Fsp3) is 1.00. The standard InChI is InChI=1S/C8H17N.C2H7N/c1-7-3-2-4-8(5-7)6-9;1-2-3/h7-8H,2-6,9H2,1H3;2-3H2,1H3. The molecule has 74 valence electrons. The van der Waals surface area contributed by atoms with Gasteiger partial charge < -0.3 is 11.5 Å². The molecule has 1 rings (SSSR count). The van der Waals surface area contributed by atoms with Crippen LogP contribution < -0.4 is 11.5 Å². The Kier molecular flexibility index (Phi) is 7.51. The van der Waals surface area contributed by atoms with Gasteiger partial charge in [-0.2, -0.15) is 0 Å². The van der Waals surface area contributed by atoms with E-state index in [0.717, 1.165) is 24.9 Å². The van der Waals surface area contributed by atoms with Crippen molar-refractivity contribution < 1.29 is 0 Å². The zero-order valence-electron chi connectivity index (χ0n) is 8.55. The summed E-state index contributed by atoms with van der Waals surface area (Å²) in [5.74, 6) is 1.78. The topological polar surface area (TPSA) is 52.0 Å². The van der Waals surface area contributed by atoms with Crippen LogP contribution in [-0.2, 0) is 0 Å². The maximum absolute atomic E-state index is 5.57. The van der Waals surface area contributed by atoms with Crippen LogP contribution >= 0.6 is 0 Å². The monoisotopic (exact) mass is 172 g/mol. The van der Waals surface area contributed by atoms with Gasteiger partial charge in [-0.25, -0.2) is 0 Å². The predicted octanol–water partition coefficient (Wildman–Crippen LogP) is 1.74. The number of hydrogen-bond donors (Lipinski definition) is 2. The van der Waals surface area contributed by atoms with Crippen molar-refractivity contribution in [1.29, 1.82) is 0 Å². The maximum atomic E-state index is 5.57. The second kappa shape index (κ2) is 7.56. The van der Waals surface area contributed by atoms with E-state index in [1.54, 1.807) is 0 Å². The molecule has 2 atom stereocenters. The van der Waals surface area contributed by atoms with E-state index in [1.807, 2.05) is 6.92 Å². The van der Waals surface area contributed by atoms with Gasteiger partial charge in [0.1, 0.15) is 0 Å². The molecule has 2 unspecified atom stereocenters. The van der Waals surface area contributed by atoms with Crippen LogP contribution in [0.5, 0.6) is 0 Å². The zero-order valence-corrected chi connectivity index (χ0v) is 8.55. The van der Waals surface area contributed by atoms with Crippen LogP contribution in [0.4, 0.5) is 0 Å². The van der Waals surface area contributed by atoms with Gasteiger partial charge in [-0.15, -0.1) is 0 Å². The minimum Gasteiger partial charge on any atom is -0.331 e. The highest BCUT2D eigenvalue weighted by atomic mass is 14.5. The second-order valence-corrected chi connectivity index (χ2v) is 3.78. The lowest BCUT2D eigenvalue weighted by molar-refractivity contribution is 0.288. The van der Waals surface area contributed by atoms with Crippen molar-refractivity contribution in [1.82, 2.24) is 0 Å². The molecule has 1 aliphatic carbocycles. The lowest BCUT2D eigenvalue weighted by Gasteiger charge is -2.25. The molecule has 0 spiro atoms. The highest BCUT2D eigenvalue weighted by molar-refractivity contribution is 4.70. The Labute approximate surface area is 76.7 Å². The number of hydrogen-bond acceptors (Lipinski definition) is 2. The van der Waals surface area contributed by atoms with Crippen molar-refractivity contribution in [3.8, 4) is 0 Å². The molecule has 0 aromatic rings. The van der Waals surface area contributed by atoms with Crippen LogP contribution in [-0.4, -0.2) is 13.1 Å². The third-order valence-corrected chi connectivity index (χ3v) is 2.38. The van der Waals surface area contributed by atoms with Crippen LogP contribution in [0.15, 0.2) is 0 Å². The third kappa shape index (κ3) is 5.56. The minimum absolute atomic E-state index is 0.750. The van der Waals surface area contributed by atoms with Gasteiger partial charge in [-0.3, -0.25) is 0 Å². The van der Waals surface area contributed by atoms with E-state index >= 15 is 0 Å². The average molecular weight is 172 g/mol. The fourth-order valence-electron chi connectivity index (χ4n) is 1.77. The van der Waals surface area contributed by atoms with Gasteiger partial charge in [0.2, 0.25) is 0 Å². The largest absolute Gasteiger partial charge is 0.331 e. The first kappa shape index (κ1) is 11.9. The van der Waals surface area contributed by atoms with Crippen molar-refractivity contribution in [2.45, 2.75) is 39.5 Å². The highest BCUT2D eigenvalue weighted by Crippen LogP contribution is 2.27. The van der Waals surface area contributed by atoms with E-state index in [0.29, 0.717) is 0 Å². The van der Waals surface area contributed by atoms with E-state index in [2.05, 4.69) is 6.92 Å². The summed E-state index contributed by atoms with van der Waals surface area (Å²) in [5.41, 5.74) is 10.4. The van der Waals surface area contributed by atoms with Crippen LogP contribution in [0, 0.1) is 11.8 Å². The van der Waals surface area contributed by atoms with Gasteiger partial charge in [0.05, 0.1) is 0 Å².